The van der Waals surface area contributed by atoms with Gasteiger partial charge in [0.2, 0.25) is 0 Å². The molecule has 1 aliphatic rings. The van der Waals surface area contributed by atoms with Gasteiger partial charge in [0.1, 0.15) is 11.8 Å². The van der Waals surface area contributed by atoms with Crippen LogP contribution in [0.25, 0.3) is 0 Å². The van der Waals surface area contributed by atoms with Crippen LogP contribution in [0.4, 0.5) is 5.69 Å². The normalized spacial score (nSPS) is 24.0. The summed E-state index contributed by atoms with van der Waals surface area (Å²) in [5, 5.41) is 15.2. The van der Waals surface area contributed by atoms with Crippen molar-refractivity contribution >= 4 is 5.69 Å². The molecule has 1 aromatic rings. The molecule has 1 fully saturated rings. The van der Waals surface area contributed by atoms with Crippen LogP contribution in [0.3, 0.4) is 0 Å². The van der Waals surface area contributed by atoms with Crippen LogP contribution in [0.5, 0.6) is 0 Å². The van der Waals surface area contributed by atoms with E-state index < -0.39 is 0 Å². The van der Waals surface area contributed by atoms with Gasteiger partial charge in [-0.1, -0.05) is 0 Å². The molecule has 1 unspecified atom stereocenters. The molecule has 2 rings (SSSR count). The summed E-state index contributed by atoms with van der Waals surface area (Å²) >= 11 is 0. The summed E-state index contributed by atoms with van der Waals surface area (Å²) in [7, 11) is 1.71. The molecule has 1 aliphatic heterocycles. The highest BCUT2D eigenvalue weighted by atomic mass is 16.5. The highest BCUT2D eigenvalue weighted by molar-refractivity contribution is 5.44. The van der Waals surface area contributed by atoms with E-state index in [0.717, 1.165) is 18.8 Å². The molecule has 0 aromatic carbocycles. The van der Waals surface area contributed by atoms with Gasteiger partial charge in [-0.15, -0.1) is 0 Å². The first kappa shape index (κ1) is 10.9. The number of nitrogens with one attached hydrogen (secondary N) is 2. The average Bonchev–Trinajstić information content (AvgIpc) is 2.77. The molecule has 1 saturated heterocycles. The second-order valence-corrected chi connectivity index (χ2v) is 3.73. The minimum absolute atomic E-state index is 0.177. The van der Waals surface area contributed by atoms with Gasteiger partial charge < -0.3 is 15.4 Å². The van der Waals surface area contributed by atoms with Crippen molar-refractivity contribution in [2.75, 3.05) is 25.5 Å². The van der Waals surface area contributed by atoms with Crippen LogP contribution in [0.1, 0.15) is 5.69 Å². The SMILES string of the molecule is CO[C@H]1CNCC1Nc1ccc(C#N)nc1. The monoisotopic (exact) mass is 218 g/mol. The number of nitrogens with zero attached hydrogens (tertiary/aromatic N) is 2. The van der Waals surface area contributed by atoms with Crippen LogP contribution in [-0.4, -0.2) is 37.3 Å². The van der Waals surface area contributed by atoms with Crippen LogP contribution in [0, 0.1) is 11.3 Å². The predicted octanol–water partition coefficient (Wildman–Crippen LogP) is 0.352. The molecular weight excluding hydrogens is 204 g/mol. The summed E-state index contributed by atoms with van der Waals surface area (Å²) < 4.78 is 5.34. The Balaban J connectivity index is 2.00. The Morgan fingerprint density at radius 2 is 2.44 bits per heavy atom. The van der Waals surface area contributed by atoms with Gasteiger partial charge in [-0.05, 0) is 12.1 Å². The zero-order valence-electron chi connectivity index (χ0n) is 9.10. The van der Waals surface area contributed by atoms with Crippen molar-refractivity contribution in [2.45, 2.75) is 12.1 Å². The first-order valence-corrected chi connectivity index (χ1v) is 5.19. The third-order valence-corrected chi connectivity index (χ3v) is 2.69. The van der Waals surface area contributed by atoms with Crippen molar-refractivity contribution in [3.8, 4) is 6.07 Å². The first-order valence-electron chi connectivity index (χ1n) is 5.19. The third-order valence-electron chi connectivity index (χ3n) is 2.69. The maximum Gasteiger partial charge on any atom is 0.140 e. The van der Waals surface area contributed by atoms with E-state index in [4.69, 9.17) is 10.00 Å². The molecule has 2 heterocycles. The average molecular weight is 218 g/mol. The maximum atomic E-state index is 8.63. The fraction of sp³-hybridized carbons (Fsp3) is 0.455. The predicted molar refractivity (Wildman–Crippen MR) is 60.0 cm³/mol. The Labute approximate surface area is 94.4 Å². The van der Waals surface area contributed by atoms with Gasteiger partial charge in [0.15, 0.2) is 0 Å². The molecule has 0 bridgehead atoms. The molecule has 1 aromatic heterocycles. The number of hydrogen-bond donors (Lipinski definition) is 2. The van der Waals surface area contributed by atoms with Gasteiger partial charge in [0.05, 0.1) is 24.0 Å². The molecule has 2 N–H and O–H groups in total. The van der Waals surface area contributed by atoms with E-state index in [1.807, 2.05) is 12.1 Å². The van der Waals surface area contributed by atoms with Gasteiger partial charge in [-0.25, -0.2) is 4.98 Å². The Hall–Kier alpha value is -1.64. The van der Waals surface area contributed by atoms with E-state index in [1.54, 1.807) is 19.4 Å². The minimum Gasteiger partial charge on any atom is -0.378 e. The molecule has 5 nitrogen and oxygen atoms in total. The lowest BCUT2D eigenvalue weighted by Gasteiger charge is -2.19. The summed E-state index contributed by atoms with van der Waals surface area (Å²) in [6.45, 7) is 1.73. The molecule has 5 heteroatoms. The van der Waals surface area contributed by atoms with Crippen LogP contribution in [0.2, 0.25) is 0 Å². The van der Waals surface area contributed by atoms with Gasteiger partial charge in [0, 0.05) is 20.2 Å². The van der Waals surface area contributed by atoms with Gasteiger partial charge in [0.25, 0.3) is 0 Å². The van der Waals surface area contributed by atoms with Crippen molar-refractivity contribution < 1.29 is 4.74 Å². The molecule has 0 amide bonds. The van der Waals surface area contributed by atoms with Crippen molar-refractivity contribution in [1.29, 1.82) is 5.26 Å². The van der Waals surface area contributed by atoms with E-state index in [2.05, 4.69) is 15.6 Å². The van der Waals surface area contributed by atoms with E-state index >= 15 is 0 Å². The van der Waals surface area contributed by atoms with Crippen LogP contribution in [0.15, 0.2) is 18.3 Å². The molecule has 0 saturated carbocycles. The molecule has 0 radical (unpaired) electrons. The number of pyridine rings is 1. The summed E-state index contributed by atoms with van der Waals surface area (Å²) in [4.78, 5) is 4.01. The highest BCUT2D eigenvalue weighted by Gasteiger charge is 2.26. The zero-order valence-corrected chi connectivity index (χ0v) is 9.10. The summed E-state index contributed by atoms with van der Waals surface area (Å²) in [5.41, 5.74) is 1.34. The zero-order chi connectivity index (χ0) is 11.4. The lowest BCUT2D eigenvalue weighted by Crippen LogP contribution is -2.33. The quantitative estimate of drug-likeness (QED) is 0.766. The standard InChI is InChI=1S/C11H14N4O/c1-16-11-7-13-6-10(11)15-9-3-2-8(4-12)14-5-9/h2-3,5,10-11,13,15H,6-7H2,1H3/t10?,11-/m0/s1. The molecular formula is C11H14N4O. The largest absolute Gasteiger partial charge is 0.378 e. The number of anilines is 1. The van der Waals surface area contributed by atoms with Crippen molar-refractivity contribution in [1.82, 2.24) is 10.3 Å². The molecule has 0 spiro atoms. The topological polar surface area (TPSA) is 70.0 Å². The van der Waals surface area contributed by atoms with Crippen LogP contribution < -0.4 is 10.6 Å². The first-order chi connectivity index (χ1) is 7.83. The summed E-state index contributed by atoms with van der Waals surface area (Å²) in [5.74, 6) is 0. The number of ether oxygens (including phenoxy) is 1. The van der Waals surface area contributed by atoms with E-state index in [9.17, 15) is 0 Å². The fourth-order valence-electron chi connectivity index (χ4n) is 1.81. The second kappa shape index (κ2) is 4.92. The Morgan fingerprint density at radius 3 is 3.06 bits per heavy atom. The molecule has 0 aliphatic carbocycles. The molecule has 16 heavy (non-hydrogen) atoms. The van der Waals surface area contributed by atoms with Gasteiger partial charge in [-0.3, -0.25) is 0 Å². The summed E-state index contributed by atoms with van der Waals surface area (Å²) in [6.07, 6.45) is 1.85. The Kier molecular flexibility index (Phi) is 3.34. The van der Waals surface area contributed by atoms with Gasteiger partial charge >= 0.3 is 0 Å². The lowest BCUT2D eigenvalue weighted by molar-refractivity contribution is 0.111. The van der Waals surface area contributed by atoms with Gasteiger partial charge in [-0.2, -0.15) is 5.26 Å². The maximum absolute atomic E-state index is 8.63. The number of aromatic nitrogens is 1. The fourth-order valence-corrected chi connectivity index (χ4v) is 1.81. The van der Waals surface area contributed by atoms with Crippen molar-refractivity contribution in [3.05, 3.63) is 24.0 Å². The highest BCUT2D eigenvalue weighted by Crippen LogP contribution is 2.12. The molecule has 84 valence electrons. The Bertz CT molecular complexity index is 384. The lowest BCUT2D eigenvalue weighted by atomic mass is 10.2. The number of hydrogen-bond acceptors (Lipinski definition) is 5. The van der Waals surface area contributed by atoms with E-state index in [1.165, 1.54) is 0 Å². The van der Waals surface area contributed by atoms with E-state index in [0.29, 0.717) is 5.69 Å². The number of nitriles is 1. The van der Waals surface area contributed by atoms with Crippen LogP contribution >= 0.6 is 0 Å². The Morgan fingerprint density at radius 1 is 1.56 bits per heavy atom. The third kappa shape index (κ3) is 2.30. The smallest absolute Gasteiger partial charge is 0.140 e. The number of rotatable bonds is 3. The van der Waals surface area contributed by atoms with Crippen molar-refractivity contribution in [3.63, 3.8) is 0 Å². The molecule has 2 atom stereocenters. The minimum atomic E-state index is 0.177. The summed E-state index contributed by atoms with van der Waals surface area (Å²) in [6, 6.07) is 5.80. The number of methoxy groups -OCH3 is 1. The van der Waals surface area contributed by atoms with Crippen LogP contribution in [-0.2, 0) is 4.74 Å². The van der Waals surface area contributed by atoms with E-state index in [-0.39, 0.29) is 12.1 Å². The second-order valence-electron chi connectivity index (χ2n) is 3.73. The van der Waals surface area contributed by atoms with Crippen molar-refractivity contribution in [2.24, 2.45) is 0 Å².